The number of rotatable bonds is 4. The van der Waals surface area contributed by atoms with Gasteiger partial charge < -0.3 is 11.1 Å². The SMILES string of the molecule is N#Cc1ccc(NCCc2cccc(Br)c2)c(N)c1. The standard InChI is InChI=1S/C15H14BrN3/c16-13-3-1-2-11(8-13)6-7-19-15-5-4-12(10-17)9-14(15)18/h1-5,8-9,19H,6-7,18H2. The Balaban J connectivity index is 1.94. The van der Waals surface area contributed by atoms with Crippen molar-refractivity contribution in [3.63, 3.8) is 0 Å². The fourth-order valence-corrected chi connectivity index (χ4v) is 2.27. The van der Waals surface area contributed by atoms with E-state index in [-0.39, 0.29) is 0 Å². The first-order valence-electron chi connectivity index (χ1n) is 5.97. The van der Waals surface area contributed by atoms with E-state index in [1.54, 1.807) is 12.1 Å². The molecule has 0 saturated carbocycles. The molecule has 2 aromatic rings. The van der Waals surface area contributed by atoms with E-state index in [1.165, 1.54) is 5.56 Å². The summed E-state index contributed by atoms with van der Waals surface area (Å²) >= 11 is 3.46. The summed E-state index contributed by atoms with van der Waals surface area (Å²) < 4.78 is 1.09. The lowest BCUT2D eigenvalue weighted by atomic mass is 10.1. The Hall–Kier alpha value is -1.99. The van der Waals surface area contributed by atoms with E-state index in [0.29, 0.717) is 11.3 Å². The first-order valence-corrected chi connectivity index (χ1v) is 6.76. The molecule has 4 heteroatoms. The minimum Gasteiger partial charge on any atom is -0.397 e. The van der Waals surface area contributed by atoms with Crippen LogP contribution in [0.1, 0.15) is 11.1 Å². The Kier molecular flexibility index (Phi) is 4.43. The van der Waals surface area contributed by atoms with Crippen LogP contribution < -0.4 is 11.1 Å². The van der Waals surface area contributed by atoms with Gasteiger partial charge in [0.15, 0.2) is 0 Å². The van der Waals surface area contributed by atoms with E-state index >= 15 is 0 Å². The van der Waals surface area contributed by atoms with E-state index in [9.17, 15) is 0 Å². The molecule has 3 N–H and O–H groups in total. The van der Waals surface area contributed by atoms with Crippen LogP contribution >= 0.6 is 15.9 Å². The minimum absolute atomic E-state index is 0.579. The summed E-state index contributed by atoms with van der Waals surface area (Å²) in [4.78, 5) is 0. The Morgan fingerprint density at radius 1 is 1.21 bits per heavy atom. The van der Waals surface area contributed by atoms with Crippen LogP contribution in [0.2, 0.25) is 0 Å². The van der Waals surface area contributed by atoms with Gasteiger partial charge in [0.25, 0.3) is 0 Å². The number of nitrogens with zero attached hydrogens (tertiary/aromatic N) is 1. The molecular weight excluding hydrogens is 302 g/mol. The number of nitrogens with one attached hydrogen (secondary N) is 1. The first-order chi connectivity index (χ1) is 9.19. The van der Waals surface area contributed by atoms with Crippen molar-refractivity contribution in [1.29, 1.82) is 5.26 Å². The Labute approximate surface area is 121 Å². The van der Waals surface area contributed by atoms with Gasteiger partial charge >= 0.3 is 0 Å². The summed E-state index contributed by atoms with van der Waals surface area (Å²) in [5.41, 5.74) is 9.19. The van der Waals surface area contributed by atoms with Gasteiger partial charge in [-0.2, -0.15) is 5.26 Å². The number of benzene rings is 2. The van der Waals surface area contributed by atoms with Gasteiger partial charge in [0, 0.05) is 11.0 Å². The molecule has 0 atom stereocenters. The van der Waals surface area contributed by atoms with Crippen molar-refractivity contribution in [2.45, 2.75) is 6.42 Å². The fraction of sp³-hybridized carbons (Fsp3) is 0.133. The molecule has 19 heavy (non-hydrogen) atoms. The van der Waals surface area contributed by atoms with Crippen LogP contribution in [0, 0.1) is 11.3 Å². The van der Waals surface area contributed by atoms with Crippen LogP contribution in [-0.4, -0.2) is 6.54 Å². The number of nitriles is 1. The molecule has 0 saturated heterocycles. The van der Waals surface area contributed by atoms with Crippen LogP contribution in [-0.2, 0) is 6.42 Å². The number of hydrogen-bond donors (Lipinski definition) is 2. The van der Waals surface area contributed by atoms with Crippen molar-refractivity contribution in [1.82, 2.24) is 0 Å². The highest BCUT2D eigenvalue weighted by Crippen LogP contribution is 2.19. The number of halogens is 1. The molecule has 0 fully saturated rings. The van der Waals surface area contributed by atoms with Gasteiger partial charge in [-0.05, 0) is 42.3 Å². The van der Waals surface area contributed by atoms with Gasteiger partial charge in [-0.15, -0.1) is 0 Å². The van der Waals surface area contributed by atoms with Gasteiger partial charge in [-0.25, -0.2) is 0 Å². The molecule has 0 heterocycles. The van der Waals surface area contributed by atoms with E-state index in [0.717, 1.165) is 23.1 Å². The quantitative estimate of drug-likeness (QED) is 0.848. The number of nitrogens with two attached hydrogens (primary N) is 1. The lowest BCUT2D eigenvalue weighted by molar-refractivity contribution is 1.02. The number of anilines is 2. The molecule has 2 rings (SSSR count). The molecule has 0 aliphatic heterocycles. The van der Waals surface area contributed by atoms with Crippen LogP contribution in [0.5, 0.6) is 0 Å². The first kappa shape index (κ1) is 13.4. The summed E-state index contributed by atoms with van der Waals surface area (Å²) in [6.45, 7) is 0.798. The molecule has 0 aromatic heterocycles. The summed E-state index contributed by atoms with van der Waals surface area (Å²) in [5.74, 6) is 0. The molecule has 0 unspecified atom stereocenters. The van der Waals surface area contributed by atoms with E-state index in [4.69, 9.17) is 11.0 Å². The molecule has 0 radical (unpaired) electrons. The maximum absolute atomic E-state index is 8.77. The predicted octanol–water partition coefficient (Wildman–Crippen LogP) is 3.56. The van der Waals surface area contributed by atoms with Crippen molar-refractivity contribution in [2.24, 2.45) is 0 Å². The zero-order chi connectivity index (χ0) is 13.7. The van der Waals surface area contributed by atoms with E-state index in [1.807, 2.05) is 18.2 Å². The van der Waals surface area contributed by atoms with Crippen LogP contribution in [0.25, 0.3) is 0 Å². The van der Waals surface area contributed by atoms with Gasteiger partial charge in [0.05, 0.1) is 23.0 Å². The third-order valence-corrected chi connectivity index (χ3v) is 3.29. The van der Waals surface area contributed by atoms with Gasteiger partial charge in [-0.3, -0.25) is 0 Å². The van der Waals surface area contributed by atoms with Crippen molar-refractivity contribution < 1.29 is 0 Å². The average Bonchev–Trinajstić information content (AvgIpc) is 2.40. The minimum atomic E-state index is 0.579. The normalized spacial score (nSPS) is 9.89. The lowest BCUT2D eigenvalue weighted by Crippen LogP contribution is -2.07. The van der Waals surface area contributed by atoms with Crippen LogP contribution in [0.4, 0.5) is 11.4 Å². The zero-order valence-corrected chi connectivity index (χ0v) is 11.9. The van der Waals surface area contributed by atoms with Gasteiger partial charge in [-0.1, -0.05) is 28.1 Å². The topological polar surface area (TPSA) is 61.8 Å². The maximum Gasteiger partial charge on any atom is 0.0992 e. The molecule has 0 bridgehead atoms. The molecule has 3 nitrogen and oxygen atoms in total. The van der Waals surface area contributed by atoms with Crippen molar-refractivity contribution in [3.05, 3.63) is 58.1 Å². The van der Waals surface area contributed by atoms with Crippen LogP contribution in [0.15, 0.2) is 46.9 Å². The van der Waals surface area contributed by atoms with E-state index < -0.39 is 0 Å². The van der Waals surface area contributed by atoms with Crippen molar-refractivity contribution in [3.8, 4) is 6.07 Å². The van der Waals surface area contributed by atoms with E-state index in [2.05, 4.69) is 39.4 Å². The summed E-state index contributed by atoms with van der Waals surface area (Å²) in [6.07, 6.45) is 0.916. The fourth-order valence-electron chi connectivity index (χ4n) is 1.83. The summed E-state index contributed by atoms with van der Waals surface area (Å²) in [5, 5.41) is 12.1. The Bertz CT molecular complexity index is 617. The van der Waals surface area contributed by atoms with Gasteiger partial charge in [0.1, 0.15) is 0 Å². The predicted molar refractivity (Wildman–Crippen MR) is 81.9 cm³/mol. The number of hydrogen-bond acceptors (Lipinski definition) is 3. The molecule has 0 amide bonds. The maximum atomic E-state index is 8.77. The highest BCUT2D eigenvalue weighted by Gasteiger charge is 2.00. The largest absolute Gasteiger partial charge is 0.397 e. The molecule has 2 aromatic carbocycles. The second kappa shape index (κ2) is 6.26. The molecule has 0 spiro atoms. The lowest BCUT2D eigenvalue weighted by Gasteiger charge is -2.09. The average molecular weight is 316 g/mol. The van der Waals surface area contributed by atoms with Crippen LogP contribution in [0.3, 0.4) is 0 Å². The second-order valence-electron chi connectivity index (χ2n) is 4.22. The molecule has 0 aliphatic carbocycles. The third-order valence-electron chi connectivity index (χ3n) is 2.80. The number of nitrogen functional groups attached to an aromatic ring is 1. The molecular formula is C15H14BrN3. The monoisotopic (exact) mass is 315 g/mol. The highest BCUT2D eigenvalue weighted by molar-refractivity contribution is 9.10. The third kappa shape index (κ3) is 3.73. The summed E-state index contributed by atoms with van der Waals surface area (Å²) in [7, 11) is 0. The summed E-state index contributed by atoms with van der Waals surface area (Å²) in [6, 6.07) is 15.6. The Morgan fingerprint density at radius 3 is 2.74 bits per heavy atom. The highest BCUT2D eigenvalue weighted by atomic mass is 79.9. The zero-order valence-electron chi connectivity index (χ0n) is 10.4. The van der Waals surface area contributed by atoms with Gasteiger partial charge in [0.2, 0.25) is 0 Å². The molecule has 0 aliphatic rings. The second-order valence-corrected chi connectivity index (χ2v) is 5.14. The van der Waals surface area contributed by atoms with Crippen molar-refractivity contribution >= 4 is 27.3 Å². The van der Waals surface area contributed by atoms with Crippen molar-refractivity contribution in [2.75, 3.05) is 17.6 Å². The Morgan fingerprint density at radius 2 is 2.05 bits per heavy atom. The molecule has 96 valence electrons. The smallest absolute Gasteiger partial charge is 0.0992 e.